The maximum Gasteiger partial charge on any atom is 0.256 e. The van der Waals surface area contributed by atoms with Crippen LogP contribution in [0, 0.1) is 17.7 Å². The zero-order chi connectivity index (χ0) is 14.3. The van der Waals surface area contributed by atoms with Gasteiger partial charge in [-0.25, -0.2) is 4.39 Å². The van der Waals surface area contributed by atoms with Crippen molar-refractivity contribution >= 4 is 11.8 Å². The predicted octanol–water partition coefficient (Wildman–Crippen LogP) is 0.771. The van der Waals surface area contributed by atoms with E-state index < -0.39 is 5.82 Å². The molecule has 2 aliphatic rings. The fourth-order valence-corrected chi connectivity index (χ4v) is 3.08. The molecule has 2 aliphatic heterocycles. The molecule has 2 atom stereocenters. The van der Waals surface area contributed by atoms with Crippen molar-refractivity contribution in [3.8, 4) is 0 Å². The Morgan fingerprint density at radius 3 is 3.00 bits per heavy atom. The van der Waals surface area contributed by atoms with Crippen molar-refractivity contribution in [1.82, 2.24) is 14.8 Å². The maximum atomic E-state index is 13.6. The quantitative estimate of drug-likeness (QED) is 0.762. The number of hydrogen-bond acceptors (Lipinski definition) is 3. The average molecular weight is 277 g/mol. The molecule has 0 saturated carbocycles. The van der Waals surface area contributed by atoms with E-state index in [1.807, 2.05) is 0 Å². The molecule has 20 heavy (non-hydrogen) atoms. The highest BCUT2D eigenvalue weighted by Gasteiger charge is 2.43. The summed E-state index contributed by atoms with van der Waals surface area (Å²) in [6.07, 6.45) is 3.34. The number of rotatable bonds is 1. The molecule has 0 aliphatic carbocycles. The summed E-state index contributed by atoms with van der Waals surface area (Å²) in [6.45, 7) is 1.64. The first-order valence-corrected chi connectivity index (χ1v) is 6.71. The fraction of sp³-hybridized carbons (Fsp3) is 0.500. The summed E-state index contributed by atoms with van der Waals surface area (Å²) >= 11 is 0. The van der Waals surface area contributed by atoms with Crippen LogP contribution in [0.3, 0.4) is 0 Å². The highest BCUT2D eigenvalue weighted by atomic mass is 19.1. The Morgan fingerprint density at radius 2 is 2.25 bits per heavy atom. The Bertz CT molecular complexity index is 563. The molecular formula is C14H16FN3O2. The minimum Gasteiger partial charge on any atom is -0.345 e. The monoisotopic (exact) mass is 277 g/mol. The van der Waals surface area contributed by atoms with Gasteiger partial charge in [0.25, 0.3) is 5.91 Å². The SMILES string of the molecule is CN1CC[C@@H]2CN(C(=O)c3ccncc3F)C[C@@H]2C1=O. The molecule has 1 aromatic heterocycles. The van der Waals surface area contributed by atoms with Crippen LogP contribution in [-0.4, -0.2) is 53.3 Å². The second-order valence-corrected chi connectivity index (χ2v) is 5.48. The number of fused-ring (bicyclic) bond motifs is 1. The predicted molar refractivity (Wildman–Crippen MR) is 69.3 cm³/mol. The second-order valence-electron chi connectivity index (χ2n) is 5.48. The number of pyridine rings is 1. The maximum absolute atomic E-state index is 13.6. The van der Waals surface area contributed by atoms with Gasteiger partial charge >= 0.3 is 0 Å². The topological polar surface area (TPSA) is 53.5 Å². The van der Waals surface area contributed by atoms with Gasteiger partial charge in [0.2, 0.25) is 5.91 Å². The molecule has 5 nitrogen and oxygen atoms in total. The van der Waals surface area contributed by atoms with Crippen LogP contribution in [0.25, 0.3) is 0 Å². The third kappa shape index (κ3) is 2.05. The first kappa shape index (κ1) is 13.0. The van der Waals surface area contributed by atoms with Gasteiger partial charge in [-0.05, 0) is 18.4 Å². The molecule has 0 aromatic carbocycles. The van der Waals surface area contributed by atoms with Gasteiger partial charge in [0.05, 0.1) is 17.7 Å². The van der Waals surface area contributed by atoms with E-state index in [-0.39, 0.29) is 29.2 Å². The van der Waals surface area contributed by atoms with Crippen LogP contribution in [0.4, 0.5) is 4.39 Å². The highest BCUT2D eigenvalue weighted by Crippen LogP contribution is 2.32. The van der Waals surface area contributed by atoms with Gasteiger partial charge in [0.1, 0.15) is 0 Å². The number of hydrogen-bond donors (Lipinski definition) is 0. The summed E-state index contributed by atoms with van der Waals surface area (Å²) in [5.74, 6) is -0.813. The summed E-state index contributed by atoms with van der Waals surface area (Å²) in [5, 5.41) is 0. The molecule has 0 bridgehead atoms. The number of carbonyl (C=O) groups is 2. The number of piperidine rings is 1. The number of halogens is 1. The molecule has 0 unspecified atom stereocenters. The molecule has 0 radical (unpaired) electrons. The Balaban J connectivity index is 1.79. The Kier molecular flexibility index (Phi) is 3.16. The van der Waals surface area contributed by atoms with Gasteiger partial charge in [0.15, 0.2) is 5.82 Å². The van der Waals surface area contributed by atoms with E-state index in [1.165, 1.54) is 12.3 Å². The first-order valence-electron chi connectivity index (χ1n) is 6.71. The lowest BCUT2D eigenvalue weighted by atomic mass is 9.88. The van der Waals surface area contributed by atoms with E-state index in [4.69, 9.17) is 0 Å². The molecule has 2 fully saturated rings. The summed E-state index contributed by atoms with van der Waals surface area (Å²) in [6, 6.07) is 1.38. The standard InChI is InChI=1S/C14H16FN3O2/c1-17-5-3-9-7-18(8-11(9)13(17)19)14(20)10-2-4-16-6-12(10)15/h2,4,6,9,11H,3,5,7-8H2,1H3/t9-,11+/m1/s1. The minimum atomic E-state index is -0.615. The highest BCUT2D eigenvalue weighted by molar-refractivity contribution is 5.95. The summed E-state index contributed by atoms with van der Waals surface area (Å²) < 4.78 is 13.6. The van der Waals surface area contributed by atoms with Crippen LogP contribution in [0.15, 0.2) is 18.5 Å². The number of amides is 2. The van der Waals surface area contributed by atoms with Crippen molar-refractivity contribution in [3.05, 3.63) is 29.8 Å². The average Bonchev–Trinajstić information content (AvgIpc) is 2.88. The number of carbonyl (C=O) groups excluding carboxylic acids is 2. The molecule has 3 heterocycles. The zero-order valence-corrected chi connectivity index (χ0v) is 11.3. The Hall–Kier alpha value is -1.98. The van der Waals surface area contributed by atoms with Crippen LogP contribution < -0.4 is 0 Å². The number of aromatic nitrogens is 1. The lowest BCUT2D eigenvalue weighted by molar-refractivity contribution is -0.137. The van der Waals surface area contributed by atoms with Crippen molar-refractivity contribution in [2.75, 3.05) is 26.7 Å². The normalized spacial score (nSPS) is 25.8. The minimum absolute atomic E-state index is 0.0273. The molecular weight excluding hydrogens is 261 g/mol. The van der Waals surface area contributed by atoms with Crippen molar-refractivity contribution in [1.29, 1.82) is 0 Å². The van der Waals surface area contributed by atoms with E-state index >= 15 is 0 Å². The van der Waals surface area contributed by atoms with E-state index in [2.05, 4.69) is 4.98 Å². The molecule has 2 amide bonds. The molecule has 2 saturated heterocycles. The van der Waals surface area contributed by atoms with Gasteiger partial charge in [-0.3, -0.25) is 14.6 Å². The van der Waals surface area contributed by atoms with Crippen LogP contribution in [0.1, 0.15) is 16.8 Å². The Morgan fingerprint density at radius 1 is 1.45 bits per heavy atom. The van der Waals surface area contributed by atoms with Gasteiger partial charge in [-0.2, -0.15) is 0 Å². The zero-order valence-electron chi connectivity index (χ0n) is 11.3. The fourth-order valence-electron chi connectivity index (χ4n) is 3.08. The third-order valence-corrected chi connectivity index (χ3v) is 4.26. The molecule has 3 rings (SSSR count). The van der Waals surface area contributed by atoms with Crippen molar-refractivity contribution in [2.45, 2.75) is 6.42 Å². The molecule has 0 spiro atoms. The lowest BCUT2D eigenvalue weighted by Gasteiger charge is -2.30. The van der Waals surface area contributed by atoms with Crippen molar-refractivity contribution < 1.29 is 14.0 Å². The van der Waals surface area contributed by atoms with Crippen LogP contribution >= 0.6 is 0 Å². The van der Waals surface area contributed by atoms with E-state index in [1.54, 1.807) is 16.8 Å². The van der Waals surface area contributed by atoms with Gasteiger partial charge in [-0.1, -0.05) is 0 Å². The molecule has 6 heteroatoms. The Labute approximate surface area is 116 Å². The summed E-state index contributed by atoms with van der Waals surface area (Å²) in [4.78, 5) is 31.4. The van der Waals surface area contributed by atoms with E-state index in [0.29, 0.717) is 13.1 Å². The molecule has 0 N–H and O–H groups in total. The molecule has 106 valence electrons. The lowest BCUT2D eigenvalue weighted by Crippen LogP contribution is -2.42. The second kappa shape index (κ2) is 4.85. The largest absolute Gasteiger partial charge is 0.345 e. The van der Waals surface area contributed by atoms with Crippen molar-refractivity contribution in [2.24, 2.45) is 11.8 Å². The van der Waals surface area contributed by atoms with Crippen molar-refractivity contribution in [3.63, 3.8) is 0 Å². The van der Waals surface area contributed by atoms with Gasteiger partial charge in [-0.15, -0.1) is 0 Å². The van der Waals surface area contributed by atoms with Crippen LogP contribution in [0.5, 0.6) is 0 Å². The summed E-state index contributed by atoms with van der Waals surface area (Å²) in [7, 11) is 1.78. The molecule has 1 aromatic rings. The number of nitrogens with zero attached hydrogens (tertiary/aromatic N) is 3. The van der Waals surface area contributed by atoms with E-state index in [0.717, 1.165) is 19.2 Å². The first-order chi connectivity index (χ1) is 9.58. The van der Waals surface area contributed by atoms with Gasteiger partial charge < -0.3 is 9.80 Å². The summed E-state index contributed by atoms with van der Waals surface area (Å²) in [5.41, 5.74) is 0.0273. The third-order valence-electron chi connectivity index (χ3n) is 4.26. The van der Waals surface area contributed by atoms with Gasteiger partial charge in [0, 0.05) is 32.9 Å². The number of likely N-dealkylation sites (tertiary alicyclic amines) is 2. The van der Waals surface area contributed by atoms with Crippen LogP contribution in [0.2, 0.25) is 0 Å². The smallest absolute Gasteiger partial charge is 0.256 e. The van der Waals surface area contributed by atoms with E-state index in [9.17, 15) is 14.0 Å². The van der Waals surface area contributed by atoms with Crippen LogP contribution in [-0.2, 0) is 4.79 Å².